The van der Waals surface area contributed by atoms with Crippen LogP contribution in [0.4, 0.5) is 0 Å². The molecule has 1 saturated heterocycles. The molecule has 2 atom stereocenters. The van der Waals surface area contributed by atoms with Crippen LogP contribution >= 0.6 is 0 Å². The van der Waals surface area contributed by atoms with Crippen molar-refractivity contribution in [1.29, 1.82) is 0 Å². The molecule has 130 valence electrons. The molecule has 2 aliphatic rings. The van der Waals surface area contributed by atoms with Crippen molar-refractivity contribution in [3.63, 3.8) is 0 Å². The monoisotopic (exact) mass is 337 g/mol. The van der Waals surface area contributed by atoms with Gasteiger partial charge < -0.3 is 15.4 Å². The molecule has 2 heterocycles. The normalized spacial score (nSPS) is 22.2. The van der Waals surface area contributed by atoms with Gasteiger partial charge in [0.05, 0.1) is 12.2 Å². The zero-order chi connectivity index (χ0) is 17.5. The zero-order valence-corrected chi connectivity index (χ0v) is 14.4. The Bertz CT molecular complexity index is 720. The predicted molar refractivity (Wildman–Crippen MR) is 97.3 cm³/mol. The van der Waals surface area contributed by atoms with Crippen LogP contribution in [-0.2, 0) is 0 Å². The molecule has 5 nitrogen and oxygen atoms in total. The standard InChI is InChI=1S/C20H23N3O2/c1-2-25-19-11-9-17(14-22-19)20(24)23-18-7-3-5-15(8-10-18)16-6-4-12-21-13-16/h5,8-11,14,16,18,21H,2,4,6,12-13H2,1H3,(H,23,24)/t16-,18?/m1/s1. The lowest BCUT2D eigenvalue weighted by Gasteiger charge is -2.23. The van der Waals surface area contributed by atoms with E-state index in [1.54, 1.807) is 12.1 Å². The van der Waals surface area contributed by atoms with E-state index >= 15 is 0 Å². The van der Waals surface area contributed by atoms with Gasteiger partial charge in [0.1, 0.15) is 6.04 Å². The molecule has 0 bridgehead atoms. The fourth-order valence-electron chi connectivity index (χ4n) is 2.97. The van der Waals surface area contributed by atoms with Gasteiger partial charge in [-0.1, -0.05) is 17.9 Å². The number of nitrogens with zero attached hydrogens (tertiary/aromatic N) is 1. The highest BCUT2D eigenvalue weighted by Crippen LogP contribution is 2.21. The van der Waals surface area contributed by atoms with E-state index < -0.39 is 0 Å². The summed E-state index contributed by atoms with van der Waals surface area (Å²) in [7, 11) is 0. The maximum Gasteiger partial charge on any atom is 0.254 e. The SMILES string of the molecule is CCOc1ccc(C(=O)NC2C#CC=C([C@@H]3CCCNC3)C=C2)cn1. The Morgan fingerprint density at radius 2 is 2.40 bits per heavy atom. The summed E-state index contributed by atoms with van der Waals surface area (Å²) in [5.74, 6) is 6.98. The lowest BCUT2D eigenvalue weighted by atomic mass is 9.91. The maximum absolute atomic E-state index is 12.4. The van der Waals surface area contributed by atoms with Crippen LogP contribution < -0.4 is 15.4 Å². The number of piperidine rings is 1. The molecule has 25 heavy (non-hydrogen) atoms. The van der Waals surface area contributed by atoms with Gasteiger partial charge in [-0.05, 0) is 56.0 Å². The highest BCUT2D eigenvalue weighted by molar-refractivity contribution is 5.94. The lowest BCUT2D eigenvalue weighted by Crippen LogP contribution is -2.32. The number of carbonyl (C=O) groups is 1. The van der Waals surface area contributed by atoms with Crippen LogP contribution in [0.15, 0.2) is 42.1 Å². The van der Waals surface area contributed by atoms with E-state index in [-0.39, 0.29) is 11.9 Å². The van der Waals surface area contributed by atoms with Gasteiger partial charge in [0.25, 0.3) is 5.91 Å². The second-order valence-corrected chi connectivity index (χ2v) is 6.10. The van der Waals surface area contributed by atoms with E-state index in [1.165, 1.54) is 24.6 Å². The molecule has 1 aliphatic carbocycles. The molecule has 1 fully saturated rings. The number of nitrogens with one attached hydrogen (secondary N) is 2. The van der Waals surface area contributed by atoms with Gasteiger partial charge in [-0.15, -0.1) is 0 Å². The molecule has 1 aliphatic heterocycles. The van der Waals surface area contributed by atoms with Crippen molar-refractivity contribution >= 4 is 5.91 Å². The van der Waals surface area contributed by atoms with Crippen molar-refractivity contribution in [2.45, 2.75) is 25.8 Å². The van der Waals surface area contributed by atoms with Crippen LogP contribution in [0.5, 0.6) is 5.88 Å². The number of ether oxygens (including phenoxy) is 1. The highest BCUT2D eigenvalue weighted by atomic mass is 16.5. The van der Waals surface area contributed by atoms with Gasteiger partial charge in [0, 0.05) is 18.8 Å². The number of hydrogen-bond acceptors (Lipinski definition) is 4. The summed E-state index contributed by atoms with van der Waals surface area (Å²) in [6.07, 6.45) is 9.89. The van der Waals surface area contributed by atoms with Crippen molar-refractivity contribution in [3.05, 3.63) is 47.7 Å². The Morgan fingerprint density at radius 3 is 3.12 bits per heavy atom. The van der Waals surface area contributed by atoms with Crippen LogP contribution in [0, 0.1) is 17.8 Å². The zero-order valence-electron chi connectivity index (χ0n) is 14.4. The summed E-state index contributed by atoms with van der Waals surface area (Å²) in [4.78, 5) is 16.5. The van der Waals surface area contributed by atoms with Crippen molar-refractivity contribution < 1.29 is 9.53 Å². The van der Waals surface area contributed by atoms with Crippen molar-refractivity contribution in [2.75, 3.05) is 19.7 Å². The lowest BCUT2D eigenvalue weighted by molar-refractivity contribution is 0.0951. The van der Waals surface area contributed by atoms with Gasteiger partial charge in [-0.2, -0.15) is 0 Å². The smallest absolute Gasteiger partial charge is 0.254 e. The number of allylic oxidation sites excluding steroid dienone is 2. The van der Waals surface area contributed by atoms with E-state index in [0.29, 0.717) is 24.0 Å². The minimum absolute atomic E-state index is 0.192. The first-order valence-corrected chi connectivity index (χ1v) is 8.76. The van der Waals surface area contributed by atoms with Gasteiger partial charge in [-0.3, -0.25) is 4.79 Å². The molecule has 2 N–H and O–H groups in total. The van der Waals surface area contributed by atoms with Crippen LogP contribution in [0.2, 0.25) is 0 Å². The van der Waals surface area contributed by atoms with Gasteiger partial charge in [0.15, 0.2) is 0 Å². The summed E-state index contributed by atoms with van der Waals surface area (Å²) >= 11 is 0. The van der Waals surface area contributed by atoms with Crippen LogP contribution in [0.1, 0.15) is 30.1 Å². The number of hydrogen-bond donors (Lipinski definition) is 2. The number of pyridine rings is 1. The third-order valence-electron chi connectivity index (χ3n) is 4.30. The molecule has 0 saturated carbocycles. The Balaban J connectivity index is 1.59. The van der Waals surface area contributed by atoms with Gasteiger partial charge >= 0.3 is 0 Å². The molecule has 0 radical (unpaired) electrons. The average molecular weight is 337 g/mol. The van der Waals surface area contributed by atoms with E-state index in [9.17, 15) is 4.79 Å². The Labute approximate surface area is 148 Å². The molecule has 1 unspecified atom stereocenters. The minimum Gasteiger partial charge on any atom is -0.478 e. The Morgan fingerprint density at radius 1 is 1.48 bits per heavy atom. The average Bonchev–Trinajstić information content (AvgIpc) is 2.89. The van der Waals surface area contributed by atoms with E-state index in [0.717, 1.165) is 13.1 Å². The summed E-state index contributed by atoms with van der Waals surface area (Å²) < 4.78 is 5.29. The Kier molecular flexibility index (Phi) is 5.86. The molecule has 0 spiro atoms. The molecule has 1 aromatic rings. The molecule has 1 aromatic heterocycles. The first kappa shape index (κ1) is 17.2. The molecule has 0 aromatic carbocycles. The summed E-state index contributed by atoms with van der Waals surface area (Å²) in [6, 6.07) is 3.10. The molecule has 1 amide bonds. The quantitative estimate of drug-likeness (QED) is 0.808. The van der Waals surface area contributed by atoms with Crippen molar-refractivity contribution in [3.8, 4) is 17.7 Å². The van der Waals surface area contributed by atoms with Crippen LogP contribution in [-0.4, -0.2) is 36.6 Å². The summed E-state index contributed by atoms with van der Waals surface area (Å²) in [5, 5.41) is 6.34. The molecular weight excluding hydrogens is 314 g/mol. The van der Waals surface area contributed by atoms with Crippen LogP contribution in [0.25, 0.3) is 0 Å². The third-order valence-corrected chi connectivity index (χ3v) is 4.30. The fourth-order valence-corrected chi connectivity index (χ4v) is 2.97. The number of aromatic nitrogens is 1. The first-order valence-electron chi connectivity index (χ1n) is 8.76. The second-order valence-electron chi connectivity index (χ2n) is 6.10. The van der Waals surface area contributed by atoms with Gasteiger partial charge in [-0.25, -0.2) is 4.98 Å². The maximum atomic E-state index is 12.4. The van der Waals surface area contributed by atoms with Gasteiger partial charge in [0.2, 0.25) is 5.88 Å². The van der Waals surface area contributed by atoms with E-state index in [1.807, 2.05) is 19.1 Å². The second kappa shape index (κ2) is 8.50. The number of carbonyl (C=O) groups excluding carboxylic acids is 1. The first-order chi connectivity index (χ1) is 12.3. The largest absolute Gasteiger partial charge is 0.478 e. The predicted octanol–water partition coefficient (Wildman–Crippen LogP) is 2.08. The molecule has 3 rings (SSSR count). The number of amides is 1. The third kappa shape index (κ3) is 4.71. The minimum atomic E-state index is -0.302. The topological polar surface area (TPSA) is 63.2 Å². The fraction of sp³-hybridized carbons (Fsp3) is 0.400. The van der Waals surface area contributed by atoms with E-state index in [2.05, 4.69) is 33.5 Å². The highest BCUT2D eigenvalue weighted by Gasteiger charge is 2.17. The Hall–Kier alpha value is -2.58. The summed E-state index contributed by atoms with van der Waals surface area (Å²) in [6.45, 7) is 4.53. The van der Waals surface area contributed by atoms with Crippen molar-refractivity contribution in [1.82, 2.24) is 15.6 Å². The molecule has 5 heteroatoms. The van der Waals surface area contributed by atoms with Crippen molar-refractivity contribution in [2.24, 2.45) is 5.92 Å². The van der Waals surface area contributed by atoms with E-state index in [4.69, 9.17) is 4.74 Å². The summed E-state index contributed by atoms with van der Waals surface area (Å²) in [5.41, 5.74) is 1.73. The molecular formula is C20H23N3O2. The van der Waals surface area contributed by atoms with Crippen LogP contribution in [0.3, 0.4) is 0 Å². The number of rotatable bonds is 5.